The Hall–Kier alpha value is -2.08. The lowest BCUT2D eigenvalue weighted by Crippen LogP contribution is -2.44. The highest BCUT2D eigenvalue weighted by Gasteiger charge is 2.22. The number of nitrogens with zero attached hydrogens (tertiary/aromatic N) is 2. The molecule has 6 heteroatoms. The van der Waals surface area contributed by atoms with Gasteiger partial charge in [-0.1, -0.05) is 32.9 Å². The Kier molecular flexibility index (Phi) is 5.83. The Morgan fingerprint density at radius 1 is 1.29 bits per heavy atom. The summed E-state index contributed by atoms with van der Waals surface area (Å²) in [7, 11) is 0. The number of carbonyl (C=O) groups is 1. The molecule has 0 aliphatic heterocycles. The number of amides is 2. The van der Waals surface area contributed by atoms with E-state index in [2.05, 4.69) is 33.2 Å². The molecule has 6 nitrogen and oxygen atoms in total. The van der Waals surface area contributed by atoms with Crippen LogP contribution in [0.25, 0.3) is 11.0 Å². The van der Waals surface area contributed by atoms with Gasteiger partial charge in [0.05, 0.1) is 17.1 Å². The van der Waals surface area contributed by atoms with E-state index < -0.39 is 6.10 Å². The molecule has 1 aromatic heterocycles. The number of aromatic nitrogens is 2. The van der Waals surface area contributed by atoms with Crippen molar-refractivity contribution in [1.29, 1.82) is 0 Å². The van der Waals surface area contributed by atoms with Crippen molar-refractivity contribution in [3.8, 4) is 0 Å². The number of fused-ring (bicyclic) bond motifs is 1. The SMILES string of the molecule is CCn1c(CCNC(=O)NCC(O)C(C)(C)C)nc2ccccc21. The first-order valence-electron chi connectivity index (χ1n) is 8.47. The fourth-order valence-corrected chi connectivity index (χ4v) is 2.51. The summed E-state index contributed by atoms with van der Waals surface area (Å²) < 4.78 is 2.16. The number of hydrogen-bond donors (Lipinski definition) is 3. The van der Waals surface area contributed by atoms with E-state index in [1.54, 1.807) is 0 Å². The third kappa shape index (κ3) is 4.47. The van der Waals surface area contributed by atoms with E-state index in [1.165, 1.54) is 0 Å². The van der Waals surface area contributed by atoms with Gasteiger partial charge >= 0.3 is 6.03 Å². The number of aliphatic hydroxyl groups excluding tert-OH is 1. The number of imidazole rings is 1. The molecule has 0 radical (unpaired) electrons. The van der Waals surface area contributed by atoms with Crippen LogP contribution in [0.1, 0.15) is 33.5 Å². The van der Waals surface area contributed by atoms with E-state index in [0.717, 1.165) is 23.4 Å². The van der Waals surface area contributed by atoms with Crippen molar-refractivity contribution in [2.45, 2.75) is 46.8 Å². The maximum absolute atomic E-state index is 11.8. The standard InChI is InChI=1S/C18H28N4O2/c1-5-22-14-9-7-6-8-13(14)21-16(22)10-11-19-17(24)20-12-15(23)18(2,3)4/h6-9,15,23H,5,10-12H2,1-4H3,(H2,19,20,24). The molecule has 0 aliphatic carbocycles. The number of aliphatic hydroxyl groups is 1. The summed E-state index contributed by atoms with van der Waals surface area (Å²) >= 11 is 0. The van der Waals surface area contributed by atoms with Crippen LogP contribution < -0.4 is 10.6 Å². The van der Waals surface area contributed by atoms with E-state index in [0.29, 0.717) is 13.0 Å². The molecule has 24 heavy (non-hydrogen) atoms. The van der Waals surface area contributed by atoms with Crippen molar-refractivity contribution in [2.24, 2.45) is 5.41 Å². The largest absolute Gasteiger partial charge is 0.391 e. The second kappa shape index (κ2) is 7.66. The van der Waals surface area contributed by atoms with Crippen LogP contribution in [0, 0.1) is 5.41 Å². The molecular formula is C18H28N4O2. The summed E-state index contributed by atoms with van der Waals surface area (Å²) in [5.41, 5.74) is 1.85. The lowest BCUT2D eigenvalue weighted by atomic mass is 9.89. The molecule has 3 N–H and O–H groups in total. The number of hydrogen-bond acceptors (Lipinski definition) is 3. The summed E-state index contributed by atoms with van der Waals surface area (Å²) in [6, 6.07) is 7.78. The highest BCUT2D eigenvalue weighted by atomic mass is 16.3. The molecule has 1 heterocycles. The monoisotopic (exact) mass is 332 g/mol. The van der Waals surface area contributed by atoms with Crippen molar-refractivity contribution in [3.63, 3.8) is 0 Å². The lowest BCUT2D eigenvalue weighted by molar-refractivity contribution is 0.0650. The Balaban J connectivity index is 1.85. The normalized spacial score (nSPS) is 13.0. The van der Waals surface area contributed by atoms with Crippen LogP contribution in [0.3, 0.4) is 0 Å². The minimum Gasteiger partial charge on any atom is -0.391 e. The number of aryl methyl sites for hydroxylation is 1. The smallest absolute Gasteiger partial charge is 0.314 e. The highest BCUT2D eigenvalue weighted by Crippen LogP contribution is 2.18. The summed E-state index contributed by atoms with van der Waals surface area (Å²) in [6.07, 6.45) is 0.0881. The third-order valence-corrected chi connectivity index (χ3v) is 4.14. The molecule has 0 saturated heterocycles. The van der Waals surface area contributed by atoms with Gasteiger partial charge in [-0.05, 0) is 24.5 Å². The number of benzene rings is 1. The maximum Gasteiger partial charge on any atom is 0.314 e. The van der Waals surface area contributed by atoms with Gasteiger partial charge in [-0.25, -0.2) is 9.78 Å². The first kappa shape index (κ1) is 18.3. The van der Waals surface area contributed by atoms with Gasteiger partial charge in [-0.2, -0.15) is 0 Å². The lowest BCUT2D eigenvalue weighted by Gasteiger charge is -2.25. The Morgan fingerprint density at radius 3 is 2.67 bits per heavy atom. The number of carbonyl (C=O) groups excluding carboxylic acids is 1. The van der Waals surface area contributed by atoms with Crippen molar-refractivity contribution in [1.82, 2.24) is 20.2 Å². The van der Waals surface area contributed by atoms with Crippen molar-refractivity contribution >= 4 is 17.1 Å². The first-order chi connectivity index (χ1) is 11.3. The average Bonchev–Trinajstić information content (AvgIpc) is 2.89. The van der Waals surface area contributed by atoms with Crippen molar-refractivity contribution < 1.29 is 9.90 Å². The Bertz CT molecular complexity index is 688. The zero-order valence-electron chi connectivity index (χ0n) is 15.0. The quantitative estimate of drug-likeness (QED) is 0.759. The fraction of sp³-hybridized carbons (Fsp3) is 0.556. The Morgan fingerprint density at radius 2 is 2.00 bits per heavy atom. The number of nitrogens with one attached hydrogen (secondary N) is 2. The van der Waals surface area contributed by atoms with Crippen LogP contribution in [0.5, 0.6) is 0 Å². The van der Waals surface area contributed by atoms with Crippen LogP contribution in [0.15, 0.2) is 24.3 Å². The molecule has 0 bridgehead atoms. The summed E-state index contributed by atoms with van der Waals surface area (Å²) in [5.74, 6) is 0.966. The molecule has 1 unspecified atom stereocenters. The number of rotatable bonds is 6. The number of urea groups is 1. The van der Waals surface area contributed by atoms with Gasteiger partial charge in [0.2, 0.25) is 0 Å². The first-order valence-corrected chi connectivity index (χ1v) is 8.47. The molecule has 0 aliphatic rings. The molecule has 1 aromatic carbocycles. The van der Waals surface area contributed by atoms with Gasteiger partial charge in [0, 0.05) is 26.1 Å². The Labute approximate surface area is 143 Å². The molecule has 2 rings (SSSR count). The highest BCUT2D eigenvalue weighted by molar-refractivity contribution is 5.76. The van der Waals surface area contributed by atoms with Crippen molar-refractivity contribution in [2.75, 3.05) is 13.1 Å². The minimum absolute atomic E-state index is 0.239. The molecule has 0 saturated carbocycles. The second-order valence-corrected chi connectivity index (χ2v) is 7.03. The molecule has 2 amide bonds. The molecule has 0 fully saturated rings. The summed E-state index contributed by atoms with van der Waals surface area (Å²) in [6.45, 7) is 9.49. The zero-order chi connectivity index (χ0) is 17.7. The van der Waals surface area contributed by atoms with Crippen LogP contribution in [0.2, 0.25) is 0 Å². The van der Waals surface area contributed by atoms with Gasteiger partial charge in [0.15, 0.2) is 0 Å². The van der Waals surface area contributed by atoms with Crippen LogP contribution in [0.4, 0.5) is 4.79 Å². The van der Waals surface area contributed by atoms with Crippen LogP contribution >= 0.6 is 0 Å². The predicted octanol–water partition coefficient (Wildman–Crippen LogP) is 2.30. The van der Waals surface area contributed by atoms with Gasteiger partial charge in [0.25, 0.3) is 0 Å². The summed E-state index contributed by atoms with van der Waals surface area (Å²) in [4.78, 5) is 16.5. The fourth-order valence-electron chi connectivity index (χ4n) is 2.51. The molecular weight excluding hydrogens is 304 g/mol. The van der Waals surface area contributed by atoms with E-state index in [-0.39, 0.29) is 18.0 Å². The van der Waals surface area contributed by atoms with E-state index in [4.69, 9.17) is 0 Å². The summed E-state index contributed by atoms with van der Waals surface area (Å²) in [5, 5.41) is 15.5. The van der Waals surface area contributed by atoms with Crippen molar-refractivity contribution in [3.05, 3.63) is 30.1 Å². The zero-order valence-corrected chi connectivity index (χ0v) is 15.0. The van der Waals surface area contributed by atoms with Gasteiger partial charge in [-0.15, -0.1) is 0 Å². The minimum atomic E-state index is -0.576. The maximum atomic E-state index is 11.8. The van der Waals surface area contributed by atoms with E-state index in [9.17, 15) is 9.90 Å². The number of para-hydroxylation sites is 2. The van der Waals surface area contributed by atoms with E-state index in [1.807, 2.05) is 39.0 Å². The third-order valence-electron chi connectivity index (χ3n) is 4.14. The second-order valence-electron chi connectivity index (χ2n) is 7.03. The molecule has 132 valence electrons. The predicted molar refractivity (Wildman–Crippen MR) is 96.0 cm³/mol. The van der Waals surface area contributed by atoms with Crippen LogP contribution in [-0.4, -0.2) is 39.9 Å². The molecule has 2 aromatic rings. The van der Waals surface area contributed by atoms with E-state index >= 15 is 0 Å². The van der Waals surface area contributed by atoms with Gasteiger partial charge in [0.1, 0.15) is 5.82 Å². The molecule has 1 atom stereocenters. The van der Waals surface area contributed by atoms with Crippen LogP contribution in [-0.2, 0) is 13.0 Å². The van der Waals surface area contributed by atoms with Gasteiger partial charge in [-0.3, -0.25) is 0 Å². The molecule has 0 spiro atoms. The average molecular weight is 332 g/mol. The van der Waals surface area contributed by atoms with Gasteiger partial charge < -0.3 is 20.3 Å². The topological polar surface area (TPSA) is 79.2 Å².